The third kappa shape index (κ3) is 3.75. The van der Waals surface area contributed by atoms with Crippen LogP contribution in [0.25, 0.3) is 6.08 Å². The first-order valence-corrected chi connectivity index (χ1v) is 9.08. The fourth-order valence-electron chi connectivity index (χ4n) is 2.57. The zero-order valence-corrected chi connectivity index (χ0v) is 15.7. The Balaban J connectivity index is 2.05. The van der Waals surface area contributed by atoms with Crippen LogP contribution in [0.3, 0.4) is 0 Å². The van der Waals surface area contributed by atoms with Crippen molar-refractivity contribution < 1.29 is 14.6 Å². The lowest BCUT2D eigenvalue weighted by Crippen LogP contribution is -2.12. The second kappa shape index (κ2) is 7.66. The normalized spacial score (nSPS) is 17.3. The summed E-state index contributed by atoms with van der Waals surface area (Å²) in [6, 6.07) is 11.5. The first-order valence-electron chi connectivity index (χ1n) is 8.27. The maximum absolute atomic E-state index is 12.4. The van der Waals surface area contributed by atoms with Crippen LogP contribution in [-0.2, 0) is 16.6 Å². The number of rotatable bonds is 4. The Kier molecular flexibility index (Phi) is 5.32. The molecule has 3 rings (SSSR count). The van der Waals surface area contributed by atoms with Gasteiger partial charge in [0.1, 0.15) is 16.4 Å². The van der Waals surface area contributed by atoms with Gasteiger partial charge in [0.25, 0.3) is 0 Å². The average Bonchev–Trinajstić information content (AvgIpc) is 3.12. The van der Waals surface area contributed by atoms with Crippen molar-refractivity contribution in [1.29, 1.82) is 0 Å². The monoisotopic (exact) mass is 368 g/mol. The molecule has 1 N–H and O–H groups in total. The minimum absolute atomic E-state index is 0.0962. The number of aliphatic imine (C=N–C) groups is 1. The fourth-order valence-corrected chi connectivity index (χ4v) is 3.59. The molecule has 0 saturated heterocycles. The molecule has 134 valence electrons. The van der Waals surface area contributed by atoms with Crippen molar-refractivity contribution in [3.8, 4) is 0 Å². The van der Waals surface area contributed by atoms with E-state index in [1.54, 1.807) is 6.92 Å². The van der Waals surface area contributed by atoms with Crippen molar-refractivity contribution in [3.63, 3.8) is 0 Å². The second-order valence-corrected chi connectivity index (χ2v) is 6.89. The summed E-state index contributed by atoms with van der Waals surface area (Å²) < 4.78 is 7.04. The quantitative estimate of drug-likeness (QED) is 0.806. The summed E-state index contributed by atoms with van der Waals surface area (Å²) in [7, 11) is 1.92. The Morgan fingerprint density at radius 2 is 2.15 bits per heavy atom. The Morgan fingerprint density at radius 3 is 2.81 bits per heavy atom. The molecule has 5 nitrogen and oxygen atoms in total. The Bertz CT molecular complexity index is 938. The van der Waals surface area contributed by atoms with E-state index in [2.05, 4.69) is 4.99 Å². The Labute approximate surface area is 156 Å². The number of carbonyl (C=O) groups excluding carboxylic acids is 1. The van der Waals surface area contributed by atoms with Crippen LogP contribution in [0.1, 0.15) is 18.2 Å². The third-order valence-corrected chi connectivity index (χ3v) is 4.89. The SMILES string of the molecule is CCOC(=O)C1=C(O)C(=Cc2cccn2C)SC1=Nc1cccc(C)c1. The number of nitrogens with zero attached hydrogens (tertiary/aromatic N) is 2. The van der Waals surface area contributed by atoms with Crippen LogP contribution in [0.2, 0.25) is 0 Å². The van der Waals surface area contributed by atoms with Crippen molar-refractivity contribution >= 4 is 34.5 Å². The molecule has 1 aliphatic rings. The van der Waals surface area contributed by atoms with E-state index < -0.39 is 5.97 Å². The minimum Gasteiger partial charge on any atom is -0.506 e. The van der Waals surface area contributed by atoms with Gasteiger partial charge in [0.2, 0.25) is 0 Å². The van der Waals surface area contributed by atoms with Gasteiger partial charge in [-0.05, 0) is 49.8 Å². The number of aliphatic hydroxyl groups excluding tert-OH is 1. The van der Waals surface area contributed by atoms with Gasteiger partial charge < -0.3 is 14.4 Å². The van der Waals surface area contributed by atoms with E-state index in [9.17, 15) is 9.90 Å². The largest absolute Gasteiger partial charge is 0.506 e. The van der Waals surface area contributed by atoms with Gasteiger partial charge in [0.05, 0.1) is 17.2 Å². The predicted octanol–water partition coefficient (Wildman–Crippen LogP) is 4.53. The van der Waals surface area contributed by atoms with Crippen molar-refractivity contribution in [3.05, 3.63) is 70.1 Å². The van der Waals surface area contributed by atoms with Crippen LogP contribution in [0.4, 0.5) is 5.69 Å². The number of ether oxygens (including phenoxy) is 1. The van der Waals surface area contributed by atoms with Crippen LogP contribution in [0, 0.1) is 6.92 Å². The zero-order chi connectivity index (χ0) is 18.7. The van der Waals surface area contributed by atoms with Crippen LogP contribution >= 0.6 is 11.8 Å². The summed E-state index contributed by atoms with van der Waals surface area (Å²) >= 11 is 1.26. The molecule has 1 aromatic carbocycles. The number of benzene rings is 1. The van der Waals surface area contributed by atoms with Gasteiger partial charge in [0, 0.05) is 18.9 Å². The number of carbonyl (C=O) groups is 1. The molecule has 2 aromatic rings. The number of aryl methyl sites for hydroxylation is 2. The van der Waals surface area contributed by atoms with Crippen molar-refractivity contribution in [2.24, 2.45) is 12.0 Å². The summed E-state index contributed by atoms with van der Waals surface area (Å²) in [6.07, 6.45) is 3.75. The highest BCUT2D eigenvalue weighted by atomic mass is 32.2. The van der Waals surface area contributed by atoms with Gasteiger partial charge in [-0.1, -0.05) is 23.9 Å². The molecule has 0 saturated carbocycles. The van der Waals surface area contributed by atoms with Gasteiger partial charge >= 0.3 is 5.97 Å². The number of aliphatic hydroxyl groups is 1. The molecule has 1 aromatic heterocycles. The molecule has 0 radical (unpaired) electrons. The van der Waals surface area contributed by atoms with E-state index >= 15 is 0 Å². The Morgan fingerprint density at radius 1 is 1.35 bits per heavy atom. The molecule has 2 heterocycles. The van der Waals surface area contributed by atoms with E-state index in [4.69, 9.17) is 4.74 Å². The number of esters is 1. The molecule has 0 amide bonds. The molecule has 1 aliphatic heterocycles. The first kappa shape index (κ1) is 18.1. The number of hydrogen-bond donors (Lipinski definition) is 1. The Hall–Kier alpha value is -2.73. The van der Waals surface area contributed by atoms with Crippen LogP contribution in [-0.4, -0.2) is 27.3 Å². The molecule has 0 spiro atoms. The summed E-state index contributed by atoms with van der Waals surface area (Å²) in [5, 5.41) is 11.1. The van der Waals surface area contributed by atoms with Gasteiger partial charge in [-0.3, -0.25) is 0 Å². The number of thioether (sulfide) groups is 1. The molecule has 6 heteroatoms. The highest BCUT2D eigenvalue weighted by molar-refractivity contribution is 8.18. The average molecular weight is 368 g/mol. The fraction of sp³-hybridized carbons (Fsp3) is 0.200. The molecular formula is C20H20N2O3S. The lowest BCUT2D eigenvalue weighted by molar-refractivity contribution is -0.138. The number of aromatic nitrogens is 1. The molecule has 0 bridgehead atoms. The summed E-state index contributed by atoms with van der Waals surface area (Å²) in [5.74, 6) is -0.666. The minimum atomic E-state index is -0.570. The predicted molar refractivity (Wildman–Crippen MR) is 106 cm³/mol. The van der Waals surface area contributed by atoms with Gasteiger partial charge in [-0.15, -0.1) is 0 Å². The van der Waals surface area contributed by atoms with E-state index in [1.807, 2.05) is 67.2 Å². The van der Waals surface area contributed by atoms with Crippen LogP contribution < -0.4 is 0 Å². The van der Waals surface area contributed by atoms with Gasteiger partial charge in [-0.25, -0.2) is 9.79 Å². The second-order valence-electron chi connectivity index (χ2n) is 5.85. The maximum atomic E-state index is 12.4. The van der Waals surface area contributed by atoms with E-state index in [-0.39, 0.29) is 17.9 Å². The summed E-state index contributed by atoms with van der Waals surface area (Å²) in [5.41, 5.74) is 2.82. The summed E-state index contributed by atoms with van der Waals surface area (Å²) in [4.78, 5) is 17.5. The van der Waals surface area contributed by atoms with Crippen LogP contribution in [0.5, 0.6) is 0 Å². The van der Waals surface area contributed by atoms with Gasteiger partial charge in [-0.2, -0.15) is 0 Å². The topological polar surface area (TPSA) is 63.8 Å². The molecule has 0 unspecified atom stereocenters. The van der Waals surface area contributed by atoms with Gasteiger partial charge in [0.15, 0.2) is 0 Å². The molecule has 0 atom stereocenters. The summed E-state index contributed by atoms with van der Waals surface area (Å²) in [6.45, 7) is 3.94. The van der Waals surface area contributed by atoms with E-state index in [0.717, 1.165) is 16.9 Å². The van der Waals surface area contributed by atoms with Crippen molar-refractivity contribution in [2.45, 2.75) is 13.8 Å². The van der Waals surface area contributed by atoms with E-state index in [0.29, 0.717) is 9.95 Å². The zero-order valence-electron chi connectivity index (χ0n) is 14.9. The highest BCUT2D eigenvalue weighted by Gasteiger charge is 2.33. The van der Waals surface area contributed by atoms with Crippen LogP contribution in [0.15, 0.2) is 63.8 Å². The molecule has 0 fully saturated rings. The van der Waals surface area contributed by atoms with E-state index in [1.165, 1.54) is 11.8 Å². The lowest BCUT2D eigenvalue weighted by Gasteiger charge is -2.04. The first-order chi connectivity index (χ1) is 12.5. The third-order valence-electron chi connectivity index (χ3n) is 3.87. The standard InChI is InChI=1S/C20H20N2O3S/c1-4-25-20(24)17-18(23)16(12-15-9-6-10-22(15)3)26-19(17)21-14-8-5-7-13(2)11-14/h5-12,23H,4H2,1-3H3. The molecular weight excluding hydrogens is 348 g/mol. The highest BCUT2D eigenvalue weighted by Crippen LogP contribution is 2.40. The van der Waals surface area contributed by atoms with Crippen molar-refractivity contribution in [2.75, 3.05) is 6.61 Å². The van der Waals surface area contributed by atoms with Crippen molar-refractivity contribution in [1.82, 2.24) is 4.57 Å². The molecule has 0 aliphatic carbocycles. The number of hydrogen-bond acceptors (Lipinski definition) is 5. The lowest BCUT2D eigenvalue weighted by atomic mass is 10.2. The maximum Gasteiger partial charge on any atom is 0.344 e. The smallest absolute Gasteiger partial charge is 0.344 e. The molecule has 26 heavy (non-hydrogen) atoms.